The lowest BCUT2D eigenvalue weighted by molar-refractivity contribution is 0.391. The van der Waals surface area contributed by atoms with Crippen LogP contribution in [0.1, 0.15) is 6.92 Å². The molecule has 0 fully saturated rings. The van der Waals surface area contributed by atoms with Crippen molar-refractivity contribution in [3.63, 3.8) is 0 Å². The van der Waals surface area contributed by atoms with Crippen LogP contribution in [0.5, 0.6) is 0 Å². The first-order chi connectivity index (χ1) is 11.3. The fourth-order valence-electron chi connectivity index (χ4n) is 1.64. The van der Waals surface area contributed by atoms with E-state index in [9.17, 15) is 16.8 Å². The van der Waals surface area contributed by atoms with Crippen molar-refractivity contribution in [3.05, 3.63) is 60.7 Å². The Morgan fingerprint density at radius 2 is 1.42 bits per heavy atom. The minimum Gasteiger partial charge on any atom is -0.293 e. The molecule has 2 rings (SSSR count). The summed E-state index contributed by atoms with van der Waals surface area (Å²) in [5, 5.41) is 0. The summed E-state index contributed by atoms with van der Waals surface area (Å²) >= 11 is -1.87. The number of hydrogen-bond acceptors (Lipinski definition) is 5. The fraction of sp³-hybridized carbons (Fsp3) is 0.143. The highest BCUT2D eigenvalue weighted by Crippen LogP contribution is 2.14. The predicted molar refractivity (Wildman–Crippen MR) is 91.8 cm³/mol. The Hall–Kier alpha value is -1.59. The quantitative estimate of drug-likeness (QED) is 0.782. The third-order valence-corrected chi connectivity index (χ3v) is 7.67. The summed E-state index contributed by atoms with van der Waals surface area (Å²) in [4.78, 5) is -0.0457. The molecule has 0 aliphatic rings. The molecule has 10 heteroatoms. The predicted octanol–water partition coefficient (Wildman–Crippen LogP) is 2.02. The molecule has 0 aromatic heterocycles. The molecule has 0 aliphatic carbocycles. The number of sulfonamides is 2. The van der Waals surface area contributed by atoms with Crippen molar-refractivity contribution in [1.29, 1.82) is 0 Å². The fourth-order valence-corrected chi connectivity index (χ4v) is 5.83. The van der Waals surface area contributed by atoms with Gasteiger partial charge >= 0.3 is 0 Å². The van der Waals surface area contributed by atoms with E-state index in [1.165, 1.54) is 24.3 Å². The lowest BCUT2D eigenvalue weighted by Crippen LogP contribution is -2.28. The molecule has 2 aromatic rings. The Kier molecular flexibility index (Phi) is 6.24. The Balaban J connectivity index is 2.36. The highest BCUT2D eigenvalue weighted by molar-refractivity contribution is 8.04. The molecule has 0 aliphatic heterocycles. The average Bonchev–Trinajstić information content (AvgIpc) is 2.56. The zero-order chi connectivity index (χ0) is 17.6. The molecule has 1 unspecified atom stereocenters. The molecular formula is C14H16N2O5S3. The largest absolute Gasteiger partial charge is 0.293 e. The lowest BCUT2D eigenvalue weighted by Gasteiger charge is -2.10. The number of nitrogens with one attached hydrogen (secondary N) is 1. The van der Waals surface area contributed by atoms with Crippen molar-refractivity contribution in [1.82, 2.24) is 4.13 Å². The molecule has 7 nitrogen and oxygen atoms in total. The topological polar surface area (TPSA) is 102 Å². The summed E-state index contributed by atoms with van der Waals surface area (Å²) in [6, 6.07) is 15.1. The normalized spacial score (nSPS) is 13.7. The van der Waals surface area contributed by atoms with Crippen LogP contribution in [0.2, 0.25) is 0 Å². The van der Waals surface area contributed by atoms with E-state index in [0.717, 1.165) is 0 Å². The molecule has 0 bridgehead atoms. The van der Waals surface area contributed by atoms with E-state index >= 15 is 0 Å². The van der Waals surface area contributed by atoms with Gasteiger partial charge in [0, 0.05) is 0 Å². The van der Waals surface area contributed by atoms with Gasteiger partial charge in [-0.3, -0.25) is 4.18 Å². The summed E-state index contributed by atoms with van der Waals surface area (Å²) < 4.78 is 60.0. The first kappa shape index (κ1) is 18.7. The van der Waals surface area contributed by atoms with Crippen LogP contribution in [0.15, 0.2) is 74.2 Å². The van der Waals surface area contributed by atoms with Gasteiger partial charge in [-0.05, 0) is 31.2 Å². The Morgan fingerprint density at radius 3 is 1.92 bits per heavy atom. The number of nitrogens with zero attached hydrogens (tertiary/aromatic N) is 1. The second-order valence-electron chi connectivity index (χ2n) is 4.42. The van der Waals surface area contributed by atoms with Crippen LogP contribution in [0.4, 0.5) is 0 Å². The highest BCUT2D eigenvalue weighted by Gasteiger charge is 2.20. The molecule has 0 saturated carbocycles. The van der Waals surface area contributed by atoms with E-state index in [0.29, 0.717) is 0 Å². The van der Waals surface area contributed by atoms with Gasteiger partial charge in [-0.25, -0.2) is 8.42 Å². The van der Waals surface area contributed by atoms with E-state index in [4.69, 9.17) is 4.18 Å². The van der Waals surface area contributed by atoms with Gasteiger partial charge in [0.1, 0.15) is 11.2 Å². The summed E-state index contributed by atoms with van der Waals surface area (Å²) in [6.45, 7) is 1.70. The average molecular weight is 388 g/mol. The second kappa shape index (κ2) is 7.99. The third kappa shape index (κ3) is 4.95. The molecule has 130 valence electrons. The molecular weight excluding hydrogens is 372 g/mol. The maximum absolute atomic E-state index is 12.3. The minimum atomic E-state index is -4.05. The van der Waals surface area contributed by atoms with Gasteiger partial charge in [0.15, 0.2) is 0 Å². The van der Waals surface area contributed by atoms with E-state index < -0.39 is 31.2 Å². The van der Waals surface area contributed by atoms with Crippen molar-refractivity contribution < 1.29 is 21.0 Å². The van der Waals surface area contributed by atoms with Crippen molar-refractivity contribution in [2.75, 3.05) is 6.61 Å². The summed E-state index contributed by atoms with van der Waals surface area (Å²) in [6.07, 6.45) is 0. The molecule has 0 spiro atoms. The Bertz CT molecular complexity index is 911. The lowest BCUT2D eigenvalue weighted by atomic mass is 10.4. The van der Waals surface area contributed by atoms with Gasteiger partial charge < -0.3 is 0 Å². The van der Waals surface area contributed by atoms with Crippen LogP contribution >= 0.6 is 0 Å². The van der Waals surface area contributed by atoms with Gasteiger partial charge in [0.25, 0.3) is 20.0 Å². The second-order valence-corrected chi connectivity index (χ2v) is 9.31. The van der Waals surface area contributed by atoms with Gasteiger partial charge in [-0.15, -0.1) is 4.13 Å². The first-order valence-electron chi connectivity index (χ1n) is 6.83. The highest BCUT2D eigenvalue weighted by atomic mass is 32.3. The van der Waals surface area contributed by atoms with Crippen molar-refractivity contribution in [3.8, 4) is 0 Å². The van der Waals surface area contributed by atoms with E-state index in [1.807, 2.05) is 0 Å². The molecule has 0 saturated heterocycles. The van der Waals surface area contributed by atoms with Crippen molar-refractivity contribution >= 4 is 31.2 Å². The van der Waals surface area contributed by atoms with Crippen LogP contribution in [-0.2, 0) is 35.4 Å². The van der Waals surface area contributed by atoms with Gasteiger partial charge in [0.2, 0.25) is 0 Å². The number of rotatable bonds is 7. The molecule has 0 radical (unpaired) electrons. The minimum absolute atomic E-state index is 0.00508. The van der Waals surface area contributed by atoms with Crippen LogP contribution in [-0.4, -0.2) is 23.4 Å². The summed E-state index contributed by atoms with van der Waals surface area (Å²) in [5.74, 6) is 0. The van der Waals surface area contributed by atoms with Crippen LogP contribution in [0, 0.1) is 0 Å². The number of benzene rings is 2. The van der Waals surface area contributed by atoms with Gasteiger partial charge in [-0.1, -0.05) is 40.2 Å². The van der Waals surface area contributed by atoms with Crippen LogP contribution in [0.25, 0.3) is 0 Å². The zero-order valence-corrected chi connectivity index (χ0v) is 15.1. The molecule has 0 amide bonds. The summed E-state index contributed by atoms with van der Waals surface area (Å²) in [7, 11) is -8.01. The van der Waals surface area contributed by atoms with E-state index in [1.54, 1.807) is 43.3 Å². The van der Waals surface area contributed by atoms with Gasteiger partial charge in [0.05, 0.1) is 16.4 Å². The Labute approximate surface area is 144 Å². The summed E-state index contributed by atoms with van der Waals surface area (Å²) in [5.41, 5.74) is 0. The molecule has 1 N–H and O–H groups in total. The van der Waals surface area contributed by atoms with Crippen LogP contribution in [0.3, 0.4) is 0 Å². The third-order valence-electron chi connectivity index (χ3n) is 2.67. The SMILES string of the molecule is CCOS(=NS(=O)(=O)c1ccccc1)NS(=O)(=O)c1ccccc1. The Morgan fingerprint density at radius 1 is 0.917 bits per heavy atom. The van der Waals surface area contributed by atoms with Crippen molar-refractivity contribution in [2.24, 2.45) is 3.77 Å². The zero-order valence-electron chi connectivity index (χ0n) is 12.7. The molecule has 24 heavy (non-hydrogen) atoms. The molecule has 1 atom stereocenters. The standard InChI is InChI=1S/C14H16N2O5S3/c1-2-21-22(15-23(17,18)13-9-5-3-6-10-13)16-24(19,20)14-11-7-4-8-12-14/h3-12H,2H2,1H3,(H,15,16). The maximum Gasteiger partial charge on any atom is 0.291 e. The molecule has 0 heterocycles. The number of hydrogen-bond donors (Lipinski definition) is 1. The monoisotopic (exact) mass is 388 g/mol. The first-order valence-corrected chi connectivity index (χ1v) is 10.9. The van der Waals surface area contributed by atoms with E-state index in [-0.39, 0.29) is 16.4 Å². The van der Waals surface area contributed by atoms with Gasteiger partial charge in [-0.2, -0.15) is 8.42 Å². The van der Waals surface area contributed by atoms with E-state index in [2.05, 4.69) is 7.90 Å². The van der Waals surface area contributed by atoms with Crippen molar-refractivity contribution in [2.45, 2.75) is 16.7 Å². The van der Waals surface area contributed by atoms with Crippen LogP contribution < -0.4 is 4.13 Å². The smallest absolute Gasteiger partial charge is 0.291 e. The maximum atomic E-state index is 12.3. The molecule has 2 aromatic carbocycles.